The highest BCUT2D eigenvalue weighted by Gasteiger charge is 2.15. The molecule has 0 saturated carbocycles. The van der Waals surface area contributed by atoms with Gasteiger partial charge in [-0.3, -0.25) is 15.1 Å². The number of imidazole rings is 2. The first-order valence-electron chi connectivity index (χ1n) is 7.83. The fraction of sp³-hybridized carbons (Fsp3) is 0.118. The van der Waals surface area contributed by atoms with E-state index >= 15 is 0 Å². The van der Waals surface area contributed by atoms with Crippen LogP contribution in [0.25, 0.3) is 44.8 Å². The van der Waals surface area contributed by atoms with Gasteiger partial charge in [-0.2, -0.15) is 5.10 Å². The van der Waals surface area contributed by atoms with Crippen LogP contribution in [0.4, 0.5) is 0 Å². The molecule has 25 heavy (non-hydrogen) atoms. The maximum atomic E-state index is 4.61. The van der Waals surface area contributed by atoms with Gasteiger partial charge in [0.2, 0.25) is 0 Å². The van der Waals surface area contributed by atoms with E-state index in [1.165, 1.54) is 0 Å². The first-order valence-corrected chi connectivity index (χ1v) is 7.83. The Labute approximate surface area is 142 Å². The number of H-pyrrole nitrogens is 2. The van der Waals surface area contributed by atoms with E-state index in [9.17, 15) is 0 Å². The molecule has 0 aromatic carbocycles. The Bertz CT molecular complexity index is 1190. The molecule has 0 aliphatic rings. The number of aryl methyl sites for hydroxylation is 1. The lowest BCUT2D eigenvalue weighted by Crippen LogP contribution is -1.95. The Kier molecular flexibility index (Phi) is 2.75. The maximum Gasteiger partial charge on any atom is 0.159 e. The molecule has 0 radical (unpaired) electrons. The van der Waals surface area contributed by atoms with Crippen LogP contribution in [0.5, 0.6) is 0 Å². The summed E-state index contributed by atoms with van der Waals surface area (Å²) in [5, 5.41) is 8.40. The van der Waals surface area contributed by atoms with Gasteiger partial charge in [-0.25, -0.2) is 9.97 Å². The van der Waals surface area contributed by atoms with Gasteiger partial charge < -0.3 is 9.55 Å². The maximum absolute atomic E-state index is 4.61. The van der Waals surface area contributed by atoms with Crippen LogP contribution in [0.15, 0.2) is 36.9 Å². The zero-order valence-corrected chi connectivity index (χ0v) is 13.6. The topological polar surface area (TPSA) is 101 Å². The molecule has 122 valence electrons. The van der Waals surface area contributed by atoms with Crippen molar-refractivity contribution in [2.24, 2.45) is 7.05 Å². The number of aromatic amines is 2. The van der Waals surface area contributed by atoms with Crippen LogP contribution >= 0.6 is 0 Å². The third kappa shape index (κ3) is 2.04. The van der Waals surface area contributed by atoms with Crippen molar-refractivity contribution in [3.8, 4) is 22.9 Å². The SMILES string of the molecule is Cc1ncc(-c2cc3c(-c4nc5ccncc5[nH]4)n[nH]c3cn2)n1C. The molecule has 0 fully saturated rings. The second kappa shape index (κ2) is 4.97. The minimum absolute atomic E-state index is 0.701. The first-order chi connectivity index (χ1) is 12.2. The normalized spacial score (nSPS) is 11.6. The zero-order chi connectivity index (χ0) is 17.0. The lowest BCUT2D eigenvalue weighted by Gasteiger charge is -2.03. The Morgan fingerprint density at radius 1 is 1.08 bits per heavy atom. The van der Waals surface area contributed by atoms with E-state index in [0.717, 1.165) is 44.8 Å². The molecule has 0 bridgehead atoms. The van der Waals surface area contributed by atoms with E-state index in [-0.39, 0.29) is 0 Å². The molecule has 5 aromatic rings. The molecule has 2 N–H and O–H groups in total. The van der Waals surface area contributed by atoms with Gasteiger partial charge in [0.25, 0.3) is 0 Å². The second-order valence-electron chi connectivity index (χ2n) is 5.92. The van der Waals surface area contributed by atoms with Crippen LogP contribution in [0.1, 0.15) is 5.82 Å². The van der Waals surface area contributed by atoms with Crippen molar-refractivity contribution < 1.29 is 0 Å². The summed E-state index contributed by atoms with van der Waals surface area (Å²) in [4.78, 5) is 20.9. The van der Waals surface area contributed by atoms with Gasteiger partial charge in [0.15, 0.2) is 5.82 Å². The molecular weight excluding hydrogens is 316 g/mol. The summed E-state index contributed by atoms with van der Waals surface area (Å²) in [6, 6.07) is 3.88. The predicted molar refractivity (Wildman–Crippen MR) is 93.7 cm³/mol. The fourth-order valence-electron chi connectivity index (χ4n) is 2.95. The monoisotopic (exact) mass is 330 g/mol. The van der Waals surface area contributed by atoms with Crippen molar-refractivity contribution in [1.82, 2.24) is 39.7 Å². The van der Waals surface area contributed by atoms with Crippen LogP contribution in [0, 0.1) is 6.92 Å². The molecule has 0 saturated heterocycles. The largest absolute Gasteiger partial charge is 0.335 e. The van der Waals surface area contributed by atoms with Gasteiger partial charge >= 0.3 is 0 Å². The summed E-state index contributed by atoms with van der Waals surface area (Å²) in [5.74, 6) is 1.64. The Hall–Kier alpha value is -3.55. The van der Waals surface area contributed by atoms with Crippen LogP contribution in [-0.2, 0) is 7.05 Å². The molecule has 0 spiro atoms. The molecule has 0 atom stereocenters. The van der Waals surface area contributed by atoms with E-state index in [4.69, 9.17) is 0 Å². The Morgan fingerprint density at radius 3 is 2.80 bits per heavy atom. The standard InChI is InChI=1S/C17H14N8/c1-9-19-8-15(25(9)2)12-5-10-13(7-20-12)23-24-16(10)17-21-11-3-4-18-6-14(11)22-17/h3-8H,1-2H3,(H,21,22)(H,23,24). The minimum atomic E-state index is 0.701. The van der Waals surface area contributed by atoms with Gasteiger partial charge in [0.05, 0.1) is 46.5 Å². The third-order valence-electron chi connectivity index (χ3n) is 4.44. The predicted octanol–water partition coefficient (Wildman–Crippen LogP) is 2.61. The molecule has 0 aliphatic carbocycles. The number of rotatable bonds is 2. The molecule has 0 unspecified atom stereocenters. The highest BCUT2D eigenvalue weighted by Crippen LogP contribution is 2.28. The lowest BCUT2D eigenvalue weighted by atomic mass is 10.2. The van der Waals surface area contributed by atoms with Crippen molar-refractivity contribution >= 4 is 21.9 Å². The number of nitrogens with zero attached hydrogens (tertiary/aromatic N) is 6. The van der Waals surface area contributed by atoms with Crippen LogP contribution < -0.4 is 0 Å². The van der Waals surface area contributed by atoms with E-state index in [1.807, 2.05) is 36.9 Å². The summed E-state index contributed by atoms with van der Waals surface area (Å²) in [7, 11) is 1.98. The smallest absolute Gasteiger partial charge is 0.159 e. The van der Waals surface area contributed by atoms with Crippen molar-refractivity contribution in [2.75, 3.05) is 0 Å². The number of hydrogen-bond donors (Lipinski definition) is 2. The minimum Gasteiger partial charge on any atom is -0.335 e. The second-order valence-corrected chi connectivity index (χ2v) is 5.92. The summed E-state index contributed by atoms with van der Waals surface area (Å²) in [6.07, 6.45) is 7.10. The first kappa shape index (κ1) is 13.8. The number of pyridine rings is 2. The number of fused-ring (bicyclic) bond motifs is 2. The quantitative estimate of drug-likeness (QED) is 0.518. The third-order valence-corrected chi connectivity index (χ3v) is 4.44. The van der Waals surface area contributed by atoms with Gasteiger partial charge in [-0.1, -0.05) is 0 Å². The van der Waals surface area contributed by atoms with Gasteiger partial charge in [-0.15, -0.1) is 0 Å². The fourth-order valence-corrected chi connectivity index (χ4v) is 2.95. The average molecular weight is 330 g/mol. The van der Waals surface area contributed by atoms with Crippen molar-refractivity contribution in [1.29, 1.82) is 0 Å². The summed E-state index contributed by atoms with van der Waals surface area (Å²) >= 11 is 0. The van der Waals surface area contributed by atoms with E-state index in [0.29, 0.717) is 5.82 Å². The molecule has 5 heterocycles. The van der Waals surface area contributed by atoms with Crippen LogP contribution in [-0.4, -0.2) is 39.7 Å². The van der Waals surface area contributed by atoms with E-state index in [2.05, 4.69) is 35.1 Å². The summed E-state index contributed by atoms with van der Waals surface area (Å²) in [6.45, 7) is 1.97. The van der Waals surface area contributed by atoms with Gasteiger partial charge in [-0.05, 0) is 19.1 Å². The van der Waals surface area contributed by atoms with E-state index in [1.54, 1.807) is 18.6 Å². The highest BCUT2D eigenvalue weighted by molar-refractivity contribution is 5.94. The molecule has 5 aromatic heterocycles. The highest BCUT2D eigenvalue weighted by atomic mass is 15.1. The molecule has 5 rings (SSSR count). The van der Waals surface area contributed by atoms with Crippen molar-refractivity contribution in [2.45, 2.75) is 6.92 Å². The number of aromatic nitrogens is 8. The van der Waals surface area contributed by atoms with E-state index < -0.39 is 0 Å². The molecule has 8 nitrogen and oxygen atoms in total. The van der Waals surface area contributed by atoms with Gasteiger partial charge in [0.1, 0.15) is 11.5 Å². The number of nitrogens with one attached hydrogen (secondary N) is 2. The van der Waals surface area contributed by atoms with Crippen LogP contribution in [0.2, 0.25) is 0 Å². The van der Waals surface area contributed by atoms with Crippen molar-refractivity contribution in [3.63, 3.8) is 0 Å². The van der Waals surface area contributed by atoms with Gasteiger partial charge in [0, 0.05) is 18.6 Å². The number of hydrogen-bond acceptors (Lipinski definition) is 5. The van der Waals surface area contributed by atoms with Crippen LogP contribution in [0.3, 0.4) is 0 Å². The Morgan fingerprint density at radius 2 is 2.00 bits per heavy atom. The molecule has 0 aliphatic heterocycles. The Balaban J connectivity index is 1.71. The molecular formula is C17H14N8. The molecule has 8 heteroatoms. The summed E-state index contributed by atoms with van der Waals surface area (Å²) < 4.78 is 2.01. The average Bonchev–Trinajstić information content (AvgIpc) is 3.31. The summed E-state index contributed by atoms with van der Waals surface area (Å²) in [5.41, 5.74) is 5.16. The molecule has 0 amide bonds. The van der Waals surface area contributed by atoms with Crippen molar-refractivity contribution in [3.05, 3.63) is 42.7 Å². The lowest BCUT2D eigenvalue weighted by molar-refractivity contribution is 0.862. The zero-order valence-electron chi connectivity index (χ0n) is 13.6.